The highest BCUT2D eigenvalue weighted by Gasteiger charge is 2.25. The van der Waals surface area contributed by atoms with Crippen LogP contribution in [0.25, 0.3) is 5.57 Å². The zero-order valence-electron chi connectivity index (χ0n) is 16.4. The second-order valence-electron chi connectivity index (χ2n) is 7.60. The Morgan fingerprint density at radius 1 is 0.966 bits per heavy atom. The van der Waals surface area contributed by atoms with Gasteiger partial charge >= 0.3 is 0 Å². The first kappa shape index (κ1) is 19.2. The van der Waals surface area contributed by atoms with Crippen LogP contribution in [0.1, 0.15) is 41.6 Å². The van der Waals surface area contributed by atoms with Crippen LogP contribution < -0.4 is 4.90 Å². The van der Waals surface area contributed by atoms with E-state index < -0.39 is 0 Å². The second-order valence-corrected chi connectivity index (χ2v) is 7.60. The van der Waals surface area contributed by atoms with Crippen LogP contribution in [-0.2, 0) is 0 Å². The van der Waals surface area contributed by atoms with Gasteiger partial charge in [0.1, 0.15) is 5.69 Å². The molecule has 0 atom stereocenters. The molecule has 0 aromatic heterocycles. The summed E-state index contributed by atoms with van der Waals surface area (Å²) in [5.41, 5.74) is 3.45. The van der Waals surface area contributed by atoms with Gasteiger partial charge in [0.05, 0.1) is 4.92 Å². The van der Waals surface area contributed by atoms with E-state index in [1.165, 1.54) is 17.2 Å². The van der Waals surface area contributed by atoms with E-state index in [9.17, 15) is 14.9 Å². The first-order chi connectivity index (χ1) is 14.1. The van der Waals surface area contributed by atoms with Crippen molar-refractivity contribution in [2.75, 3.05) is 31.1 Å². The molecule has 0 spiro atoms. The van der Waals surface area contributed by atoms with Crippen LogP contribution in [0.3, 0.4) is 0 Å². The van der Waals surface area contributed by atoms with E-state index in [1.807, 2.05) is 18.2 Å². The van der Waals surface area contributed by atoms with Gasteiger partial charge in [-0.05, 0) is 49.0 Å². The molecule has 2 aliphatic heterocycles. The number of nitro benzene ring substituents is 1. The van der Waals surface area contributed by atoms with Gasteiger partial charge in [0.2, 0.25) is 0 Å². The molecule has 2 aliphatic rings. The molecular formula is C23H25N3O3. The minimum absolute atomic E-state index is 0.0234. The summed E-state index contributed by atoms with van der Waals surface area (Å²) in [4.78, 5) is 28.1. The van der Waals surface area contributed by atoms with Crippen molar-refractivity contribution in [1.82, 2.24) is 4.90 Å². The molecule has 2 heterocycles. The van der Waals surface area contributed by atoms with Crippen LogP contribution in [0.2, 0.25) is 0 Å². The number of carbonyl (C=O) groups is 1. The summed E-state index contributed by atoms with van der Waals surface area (Å²) >= 11 is 0. The highest BCUT2D eigenvalue weighted by Crippen LogP contribution is 2.32. The normalized spacial score (nSPS) is 17.0. The van der Waals surface area contributed by atoms with Gasteiger partial charge in [-0.25, -0.2) is 0 Å². The molecule has 150 valence electrons. The van der Waals surface area contributed by atoms with Crippen molar-refractivity contribution >= 4 is 22.9 Å². The monoisotopic (exact) mass is 391 g/mol. The quantitative estimate of drug-likeness (QED) is 0.568. The van der Waals surface area contributed by atoms with Crippen molar-refractivity contribution in [2.45, 2.75) is 25.7 Å². The maximum atomic E-state index is 13.0. The maximum Gasteiger partial charge on any atom is 0.293 e. The molecular weight excluding hydrogens is 366 g/mol. The van der Waals surface area contributed by atoms with Crippen LogP contribution in [0.4, 0.5) is 11.4 Å². The first-order valence-corrected chi connectivity index (χ1v) is 10.2. The van der Waals surface area contributed by atoms with Crippen molar-refractivity contribution in [3.63, 3.8) is 0 Å². The number of benzene rings is 2. The predicted molar refractivity (Wildman–Crippen MR) is 114 cm³/mol. The summed E-state index contributed by atoms with van der Waals surface area (Å²) in [5.74, 6) is -0.151. The minimum Gasteiger partial charge on any atom is -0.366 e. The molecule has 1 amide bonds. The Balaban J connectivity index is 1.52. The van der Waals surface area contributed by atoms with Gasteiger partial charge in [0.15, 0.2) is 0 Å². The Hall–Kier alpha value is -3.15. The van der Waals surface area contributed by atoms with E-state index in [-0.39, 0.29) is 16.5 Å². The smallest absolute Gasteiger partial charge is 0.293 e. The molecule has 0 unspecified atom stereocenters. The number of anilines is 1. The van der Waals surface area contributed by atoms with Crippen molar-refractivity contribution in [1.29, 1.82) is 0 Å². The lowest BCUT2D eigenvalue weighted by Gasteiger charge is -2.29. The molecule has 6 heteroatoms. The summed E-state index contributed by atoms with van der Waals surface area (Å²) in [7, 11) is 0. The number of nitrogens with zero attached hydrogens (tertiary/aromatic N) is 3. The fourth-order valence-electron chi connectivity index (χ4n) is 4.16. The maximum absolute atomic E-state index is 13.0. The molecule has 6 nitrogen and oxygen atoms in total. The molecule has 29 heavy (non-hydrogen) atoms. The Labute approximate surface area is 170 Å². The third kappa shape index (κ3) is 4.16. The molecule has 0 radical (unpaired) electrons. The molecule has 4 rings (SSSR count). The van der Waals surface area contributed by atoms with Crippen molar-refractivity contribution < 1.29 is 9.72 Å². The average Bonchev–Trinajstić information content (AvgIpc) is 2.79. The Morgan fingerprint density at radius 3 is 2.38 bits per heavy atom. The zero-order valence-corrected chi connectivity index (χ0v) is 16.4. The molecule has 0 bridgehead atoms. The van der Waals surface area contributed by atoms with Gasteiger partial charge in [-0.15, -0.1) is 0 Å². The van der Waals surface area contributed by atoms with Gasteiger partial charge in [-0.1, -0.05) is 36.4 Å². The van der Waals surface area contributed by atoms with E-state index in [0.29, 0.717) is 24.3 Å². The fraction of sp³-hybridized carbons (Fsp3) is 0.348. The van der Waals surface area contributed by atoms with Gasteiger partial charge in [-0.2, -0.15) is 0 Å². The third-order valence-electron chi connectivity index (χ3n) is 5.76. The van der Waals surface area contributed by atoms with Gasteiger partial charge in [0.25, 0.3) is 11.6 Å². The summed E-state index contributed by atoms with van der Waals surface area (Å²) in [6.07, 6.45) is 6.11. The molecule has 0 aliphatic carbocycles. The molecule has 2 aromatic carbocycles. The number of carbonyl (C=O) groups excluding carboxylic acids is 1. The fourth-order valence-corrected chi connectivity index (χ4v) is 4.16. The molecule has 2 aromatic rings. The molecule has 1 saturated heterocycles. The largest absolute Gasteiger partial charge is 0.366 e. The lowest BCUT2D eigenvalue weighted by atomic mass is 9.99. The Kier molecular flexibility index (Phi) is 5.60. The Morgan fingerprint density at radius 2 is 1.72 bits per heavy atom. The summed E-state index contributed by atoms with van der Waals surface area (Å²) in [5, 5.41) is 11.7. The predicted octanol–water partition coefficient (Wildman–Crippen LogP) is 4.51. The van der Waals surface area contributed by atoms with Gasteiger partial charge in [0, 0.05) is 37.8 Å². The SMILES string of the molecule is O=C(c1ccc(N2CCCCC2)c([N+](=O)[O-])c1)N1CC=C(c2ccccc2)CC1. The molecule has 0 N–H and O–H groups in total. The number of nitro groups is 1. The van der Waals surface area contributed by atoms with Crippen LogP contribution in [0, 0.1) is 10.1 Å². The number of amides is 1. The van der Waals surface area contributed by atoms with Crippen LogP contribution >= 0.6 is 0 Å². The standard InChI is InChI=1S/C23H25N3O3/c27-23(25-15-11-19(12-16-25)18-7-3-1-4-8-18)20-9-10-21(22(17-20)26(28)29)24-13-5-2-6-14-24/h1,3-4,7-11,17H,2,5-6,12-16H2. The summed E-state index contributed by atoms with van der Waals surface area (Å²) < 4.78 is 0. The van der Waals surface area contributed by atoms with E-state index in [0.717, 1.165) is 38.8 Å². The number of hydrogen-bond donors (Lipinski definition) is 0. The van der Waals surface area contributed by atoms with Gasteiger partial charge < -0.3 is 9.80 Å². The third-order valence-corrected chi connectivity index (χ3v) is 5.76. The van der Waals surface area contributed by atoms with E-state index in [2.05, 4.69) is 23.1 Å². The topological polar surface area (TPSA) is 66.7 Å². The van der Waals surface area contributed by atoms with Crippen LogP contribution in [-0.4, -0.2) is 41.9 Å². The van der Waals surface area contributed by atoms with Crippen molar-refractivity contribution in [3.8, 4) is 0 Å². The summed E-state index contributed by atoms with van der Waals surface area (Å²) in [6.45, 7) is 2.78. The number of piperidine rings is 1. The lowest BCUT2D eigenvalue weighted by molar-refractivity contribution is -0.384. The van der Waals surface area contributed by atoms with Crippen LogP contribution in [0.15, 0.2) is 54.6 Å². The number of rotatable bonds is 4. The van der Waals surface area contributed by atoms with E-state index in [4.69, 9.17) is 0 Å². The summed E-state index contributed by atoms with van der Waals surface area (Å²) in [6, 6.07) is 15.1. The van der Waals surface area contributed by atoms with E-state index >= 15 is 0 Å². The average molecular weight is 391 g/mol. The molecule has 0 saturated carbocycles. The molecule has 1 fully saturated rings. The van der Waals surface area contributed by atoms with Crippen LogP contribution in [0.5, 0.6) is 0 Å². The van der Waals surface area contributed by atoms with Gasteiger partial charge in [-0.3, -0.25) is 14.9 Å². The number of hydrogen-bond acceptors (Lipinski definition) is 4. The van der Waals surface area contributed by atoms with Crippen molar-refractivity contribution in [3.05, 3.63) is 75.8 Å². The zero-order chi connectivity index (χ0) is 20.2. The highest BCUT2D eigenvalue weighted by atomic mass is 16.6. The van der Waals surface area contributed by atoms with E-state index in [1.54, 1.807) is 17.0 Å². The Bertz CT molecular complexity index is 934. The highest BCUT2D eigenvalue weighted by molar-refractivity contribution is 5.96. The van der Waals surface area contributed by atoms with Crippen molar-refractivity contribution in [2.24, 2.45) is 0 Å². The lowest BCUT2D eigenvalue weighted by Crippen LogP contribution is -2.35. The minimum atomic E-state index is -0.371. The first-order valence-electron chi connectivity index (χ1n) is 10.2. The second kappa shape index (κ2) is 8.47.